The van der Waals surface area contributed by atoms with Crippen LogP contribution in [0.3, 0.4) is 0 Å². The highest BCUT2D eigenvalue weighted by Gasteiger charge is 2.25. The van der Waals surface area contributed by atoms with Crippen LogP contribution in [0.25, 0.3) is 12.2 Å². The Hall–Kier alpha value is -3.01. The number of fused-ring (bicyclic) bond motifs is 1. The second-order valence-electron chi connectivity index (χ2n) is 6.69. The first-order valence-corrected chi connectivity index (χ1v) is 8.56. The van der Waals surface area contributed by atoms with E-state index in [2.05, 4.69) is 11.4 Å². The predicted octanol–water partition coefficient (Wildman–Crippen LogP) is 4.70. The number of anilines is 1. The molecular formula is C22H23NO3. The molecule has 0 atom stereocenters. The summed E-state index contributed by atoms with van der Waals surface area (Å²) in [6.07, 6.45) is 8.15. The molecule has 4 nitrogen and oxygen atoms in total. The number of carbonyl (C=O) groups excluding carboxylic acids is 1. The van der Waals surface area contributed by atoms with Gasteiger partial charge in [-0.2, -0.15) is 0 Å². The first-order valence-electron chi connectivity index (χ1n) is 8.56. The summed E-state index contributed by atoms with van der Waals surface area (Å²) in [5, 5.41) is 3.40. The number of hydrogen-bond donors (Lipinski definition) is 1. The number of allylic oxidation sites excluding steroid dienone is 1. The van der Waals surface area contributed by atoms with Crippen molar-refractivity contribution in [2.45, 2.75) is 26.0 Å². The number of benzene rings is 2. The van der Waals surface area contributed by atoms with E-state index in [1.807, 2.05) is 56.3 Å². The first kappa shape index (κ1) is 17.8. The normalized spacial score (nSPS) is 14.6. The van der Waals surface area contributed by atoms with Crippen molar-refractivity contribution in [3.05, 3.63) is 65.2 Å². The largest absolute Gasteiger partial charge is 0.492 e. The molecule has 0 fully saturated rings. The third kappa shape index (κ3) is 3.97. The number of rotatable bonds is 6. The summed E-state index contributed by atoms with van der Waals surface area (Å²) >= 11 is 0. The Balaban J connectivity index is 1.82. The molecule has 0 unspecified atom stereocenters. The molecule has 3 rings (SSSR count). The van der Waals surface area contributed by atoms with Crippen molar-refractivity contribution in [3.63, 3.8) is 0 Å². The number of nitrogens with one attached hydrogen (secondary N) is 1. The molecule has 0 spiro atoms. The summed E-state index contributed by atoms with van der Waals surface area (Å²) in [6, 6.07) is 12.0. The maximum atomic E-state index is 10.5. The van der Waals surface area contributed by atoms with Crippen LogP contribution >= 0.6 is 0 Å². The van der Waals surface area contributed by atoms with E-state index in [-0.39, 0.29) is 5.60 Å². The highest BCUT2D eigenvalue weighted by molar-refractivity contribution is 5.74. The summed E-state index contributed by atoms with van der Waals surface area (Å²) in [4.78, 5) is 10.5. The molecule has 2 aromatic carbocycles. The lowest BCUT2D eigenvalue weighted by Gasteiger charge is -2.29. The molecule has 1 aliphatic rings. The number of hydrogen-bond acceptors (Lipinski definition) is 4. The standard InChI is InChI=1S/C22H23NO3/c1-22(2)12-11-17-9-10-18(20(25-3)21(17)26-22)15-23-19-8-4-6-16(14-19)7-5-13-24/h4-14,23H,15H2,1-3H3/b7-5+. The van der Waals surface area contributed by atoms with Gasteiger partial charge in [-0.05, 0) is 43.7 Å². The van der Waals surface area contributed by atoms with Crippen LogP contribution in [0.5, 0.6) is 11.5 Å². The Morgan fingerprint density at radius 3 is 2.85 bits per heavy atom. The van der Waals surface area contributed by atoms with Crippen LogP contribution in [-0.2, 0) is 11.3 Å². The van der Waals surface area contributed by atoms with Crippen LogP contribution in [-0.4, -0.2) is 19.0 Å². The average Bonchev–Trinajstić information content (AvgIpc) is 2.63. The minimum atomic E-state index is -0.356. The Kier molecular flexibility index (Phi) is 5.12. The van der Waals surface area contributed by atoms with E-state index in [0.717, 1.165) is 40.2 Å². The van der Waals surface area contributed by atoms with Crippen molar-refractivity contribution in [1.29, 1.82) is 0 Å². The lowest BCUT2D eigenvalue weighted by molar-refractivity contribution is -0.104. The average molecular weight is 349 g/mol. The van der Waals surface area contributed by atoms with Crippen molar-refractivity contribution < 1.29 is 14.3 Å². The van der Waals surface area contributed by atoms with Gasteiger partial charge in [0.2, 0.25) is 0 Å². The third-order valence-electron chi connectivity index (χ3n) is 4.19. The molecule has 0 aliphatic carbocycles. The molecule has 134 valence electrons. The minimum Gasteiger partial charge on any atom is -0.492 e. The zero-order valence-electron chi connectivity index (χ0n) is 15.3. The Morgan fingerprint density at radius 2 is 2.08 bits per heavy atom. The fourth-order valence-electron chi connectivity index (χ4n) is 2.91. The zero-order valence-corrected chi connectivity index (χ0v) is 15.3. The van der Waals surface area contributed by atoms with E-state index in [1.54, 1.807) is 13.2 Å². The van der Waals surface area contributed by atoms with Gasteiger partial charge in [0.25, 0.3) is 0 Å². The van der Waals surface area contributed by atoms with Gasteiger partial charge in [0.05, 0.1) is 7.11 Å². The van der Waals surface area contributed by atoms with Gasteiger partial charge in [0, 0.05) is 23.4 Å². The van der Waals surface area contributed by atoms with Crippen LogP contribution < -0.4 is 14.8 Å². The topological polar surface area (TPSA) is 47.6 Å². The van der Waals surface area contributed by atoms with Crippen molar-refractivity contribution >= 4 is 24.1 Å². The minimum absolute atomic E-state index is 0.356. The fraction of sp³-hybridized carbons (Fsp3) is 0.227. The highest BCUT2D eigenvalue weighted by Crippen LogP contribution is 2.41. The Morgan fingerprint density at radius 1 is 1.23 bits per heavy atom. The molecule has 1 N–H and O–H groups in total. The van der Waals surface area contributed by atoms with E-state index in [4.69, 9.17) is 9.47 Å². The summed E-state index contributed by atoms with van der Waals surface area (Å²) < 4.78 is 11.8. The molecule has 0 bridgehead atoms. The molecule has 0 radical (unpaired) electrons. The van der Waals surface area contributed by atoms with Crippen LogP contribution in [0.4, 0.5) is 5.69 Å². The number of aldehydes is 1. The molecule has 1 aliphatic heterocycles. The molecule has 0 aromatic heterocycles. The molecule has 0 saturated heterocycles. The maximum absolute atomic E-state index is 10.5. The lowest BCUT2D eigenvalue weighted by atomic mass is 10.00. The monoisotopic (exact) mass is 349 g/mol. The second-order valence-corrected chi connectivity index (χ2v) is 6.69. The molecule has 0 saturated carbocycles. The second kappa shape index (κ2) is 7.48. The summed E-state index contributed by atoms with van der Waals surface area (Å²) in [5.41, 5.74) is 3.62. The van der Waals surface area contributed by atoms with Crippen LogP contribution in [0.2, 0.25) is 0 Å². The van der Waals surface area contributed by atoms with Gasteiger partial charge in [0.1, 0.15) is 11.9 Å². The molecule has 1 heterocycles. The fourth-order valence-corrected chi connectivity index (χ4v) is 2.91. The quantitative estimate of drug-likeness (QED) is 0.606. The molecule has 4 heteroatoms. The Labute approximate surface area is 154 Å². The molecular weight excluding hydrogens is 326 g/mol. The van der Waals surface area contributed by atoms with Crippen LogP contribution in [0.15, 0.2) is 48.6 Å². The van der Waals surface area contributed by atoms with Gasteiger partial charge in [0.15, 0.2) is 11.5 Å². The van der Waals surface area contributed by atoms with Gasteiger partial charge in [-0.3, -0.25) is 4.79 Å². The lowest BCUT2D eigenvalue weighted by Crippen LogP contribution is -2.28. The van der Waals surface area contributed by atoms with Crippen LogP contribution in [0, 0.1) is 0 Å². The van der Waals surface area contributed by atoms with E-state index >= 15 is 0 Å². The smallest absolute Gasteiger partial charge is 0.170 e. The molecule has 2 aromatic rings. The van der Waals surface area contributed by atoms with Gasteiger partial charge >= 0.3 is 0 Å². The van der Waals surface area contributed by atoms with Crippen molar-refractivity contribution in [2.75, 3.05) is 12.4 Å². The number of methoxy groups -OCH3 is 1. The maximum Gasteiger partial charge on any atom is 0.170 e. The predicted molar refractivity (Wildman–Crippen MR) is 106 cm³/mol. The third-order valence-corrected chi connectivity index (χ3v) is 4.19. The van der Waals surface area contributed by atoms with E-state index in [1.165, 1.54) is 6.08 Å². The SMILES string of the molecule is COc1c(CNc2cccc(/C=C/C=O)c2)ccc2c1OC(C)(C)C=C2. The van der Waals surface area contributed by atoms with E-state index in [0.29, 0.717) is 6.54 Å². The zero-order chi connectivity index (χ0) is 18.6. The number of ether oxygens (including phenoxy) is 2. The first-order chi connectivity index (χ1) is 12.5. The van der Waals surface area contributed by atoms with Gasteiger partial charge < -0.3 is 14.8 Å². The van der Waals surface area contributed by atoms with Crippen LogP contribution in [0.1, 0.15) is 30.5 Å². The number of carbonyl (C=O) groups is 1. The van der Waals surface area contributed by atoms with Gasteiger partial charge in [-0.15, -0.1) is 0 Å². The van der Waals surface area contributed by atoms with Gasteiger partial charge in [-0.1, -0.05) is 36.4 Å². The summed E-state index contributed by atoms with van der Waals surface area (Å²) in [7, 11) is 1.67. The van der Waals surface area contributed by atoms with Crippen molar-refractivity contribution in [2.24, 2.45) is 0 Å². The summed E-state index contributed by atoms with van der Waals surface area (Å²) in [6.45, 7) is 4.65. The molecule has 26 heavy (non-hydrogen) atoms. The van der Waals surface area contributed by atoms with E-state index in [9.17, 15) is 4.79 Å². The molecule has 0 amide bonds. The van der Waals surface area contributed by atoms with Crippen molar-refractivity contribution in [3.8, 4) is 11.5 Å². The van der Waals surface area contributed by atoms with Gasteiger partial charge in [-0.25, -0.2) is 0 Å². The van der Waals surface area contributed by atoms with Crippen molar-refractivity contribution in [1.82, 2.24) is 0 Å². The van der Waals surface area contributed by atoms with E-state index < -0.39 is 0 Å². The summed E-state index contributed by atoms with van der Waals surface area (Å²) in [5.74, 6) is 1.53. The Bertz CT molecular complexity index is 866. The highest BCUT2D eigenvalue weighted by atomic mass is 16.5.